The molecule has 1 aromatic carbocycles. The molecule has 0 bridgehead atoms. The van der Waals surface area contributed by atoms with Gasteiger partial charge in [0, 0.05) is 23.9 Å². The fourth-order valence-electron chi connectivity index (χ4n) is 1.94. The number of aryl methyl sites for hydroxylation is 1. The minimum absolute atomic E-state index is 0.552. The van der Waals surface area contributed by atoms with Crippen molar-refractivity contribution in [2.45, 2.75) is 46.2 Å². The number of aromatic nitrogens is 1. The molecule has 0 aliphatic carbocycles. The van der Waals surface area contributed by atoms with Gasteiger partial charge < -0.3 is 10.1 Å². The molecule has 0 amide bonds. The molecule has 3 nitrogen and oxygen atoms in total. The Morgan fingerprint density at radius 2 is 2.05 bits per heavy atom. The van der Waals surface area contributed by atoms with Gasteiger partial charge in [-0.15, -0.1) is 11.3 Å². The summed E-state index contributed by atoms with van der Waals surface area (Å²) in [4.78, 5) is 5.98. The molecule has 0 saturated carbocycles. The Balaban J connectivity index is 1.81. The first-order valence-corrected chi connectivity index (χ1v) is 8.37. The Hall–Kier alpha value is -1.39. The average molecular weight is 304 g/mol. The molecule has 0 fully saturated rings. The second-order valence-electron chi connectivity index (χ2n) is 5.22. The molecule has 1 N–H and O–H groups in total. The second-order valence-corrected chi connectivity index (χ2v) is 6.39. The van der Waals surface area contributed by atoms with Crippen LogP contribution < -0.4 is 10.1 Å². The van der Waals surface area contributed by atoms with E-state index in [2.05, 4.69) is 31.1 Å². The van der Waals surface area contributed by atoms with Crippen LogP contribution in [0, 0.1) is 6.92 Å². The molecule has 1 heterocycles. The minimum Gasteiger partial charge on any atom is -0.493 e. The van der Waals surface area contributed by atoms with Crippen molar-refractivity contribution in [3.63, 3.8) is 0 Å². The molecular weight excluding hydrogens is 280 g/mol. The fraction of sp³-hybridized carbons (Fsp3) is 0.471. The highest BCUT2D eigenvalue weighted by Crippen LogP contribution is 2.19. The summed E-state index contributed by atoms with van der Waals surface area (Å²) in [5, 5.41) is 4.68. The molecule has 0 spiro atoms. The first kappa shape index (κ1) is 16.0. The van der Waals surface area contributed by atoms with Crippen LogP contribution >= 0.6 is 11.3 Å². The molecular formula is C17H24N2OS. The number of rotatable bonds is 8. The smallest absolute Gasteiger partial charge is 0.119 e. The van der Waals surface area contributed by atoms with Crippen LogP contribution in [0.2, 0.25) is 0 Å². The van der Waals surface area contributed by atoms with Crippen molar-refractivity contribution < 1.29 is 4.74 Å². The van der Waals surface area contributed by atoms with Crippen molar-refractivity contribution >= 4 is 11.3 Å². The van der Waals surface area contributed by atoms with Crippen LogP contribution in [0.5, 0.6) is 5.75 Å². The summed E-state index contributed by atoms with van der Waals surface area (Å²) in [6.07, 6.45) is 2.01. The van der Waals surface area contributed by atoms with E-state index in [1.165, 1.54) is 4.88 Å². The van der Waals surface area contributed by atoms with Gasteiger partial charge in [0.2, 0.25) is 0 Å². The molecule has 0 aliphatic heterocycles. The number of ether oxygens (including phenoxy) is 1. The van der Waals surface area contributed by atoms with E-state index in [4.69, 9.17) is 4.74 Å². The molecule has 1 unspecified atom stereocenters. The molecule has 0 saturated heterocycles. The summed E-state index contributed by atoms with van der Waals surface area (Å²) in [6, 6.07) is 10.5. The number of hydrogen-bond donors (Lipinski definition) is 1. The number of benzene rings is 1. The van der Waals surface area contributed by atoms with Crippen molar-refractivity contribution in [2.75, 3.05) is 6.61 Å². The lowest BCUT2D eigenvalue weighted by molar-refractivity contribution is 0.321. The monoisotopic (exact) mass is 304 g/mol. The van der Waals surface area contributed by atoms with Gasteiger partial charge in [0.1, 0.15) is 5.75 Å². The van der Waals surface area contributed by atoms with Gasteiger partial charge >= 0.3 is 0 Å². The van der Waals surface area contributed by atoms with Gasteiger partial charge in [0.15, 0.2) is 0 Å². The summed E-state index contributed by atoms with van der Waals surface area (Å²) in [5.74, 6) is 0.921. The maximum atomic E-state index is 5.73. The lowest BCUT2D eigenvalue weighted by atomic mass is 10.2. The molecule has 114 valence electrons. The molecule has 0 radical (unpaired) electrons. The third-order valence-corrected chi connectivity index (χ3v) is 4.71. The van der Waals surface area contributed by atoms with Crippen LogP contribution in [0.1, 0.15) is 35.8 Å². The maximum Gasteiger partial charge on any atom is 0.119 e. The standard InChI is InChI=1S/C17H24N2OS/c1-4-13(2)18-12-16-14(3)19-17(21-16)10-11-20-15-8-6-5-7-9-15/h5-9,13,18H,4,10-12H2,1-3H3. The molecule has 2 aromatic rings. The van der Waals surface area contributed by atoms with E-state index in [1.807, 2.05) is 30.3 Å². The van der Waals surface area contributed by atoms with Crippen LogP contribution in [0.25, 0.3) is 0 Å². The molecule has 21 heavy (non-hydrogen) atoms. The van der Waals surface area contributed by atoms with Crippen molar-refractivity contribution in [1.82, 2.24) is 10.3 Å². The average Bonchev–Trinajstić information content (AvgIpc) is 2.86. The SMILES string of the molecule is CCC(C)NCc1sc(CCOc2ccccc2)nc1C. The van der Waals surface area contributed by atoms with Gasteiger partial charge in [-0.3, -0.25) is 0 Å². The predicted molar refractivity (Wildman–Crippen MR) is 89.1 cm³/mol. The van der Waals surface area contributed by atoms with Gasteiger partial charge in [0.05, 0.1) is 17.3 Å². The predicted octanol–water partition coefficient (Wildman–Crippen LogP) is 3.96. The van der Waals surface area contributed by atoms with Crippen molar-refractivity contribution in [1.29, 1.82) is 0 Å². The largest absolute Gasteiger partial charge is 0.493 e. The number of para-hydroxylation sites is 1. The number of hydrogen-bond acceptors (Lipinski definition) is 4. The highest BCUT2D eigenvalue weighted by Gasteiger charge is 2.08. The first-order valence-electron chi connectivity index (χ1n) is 7.55. The minimum atomic E-state index is 0.552. The van der Waals surface area contributed by atoms with Crippen LogP contribution in [-0.4, -0.2) is 17.6 Å². The van der Waals surface area contributed by atoms with Gasteiger partial charge in [-0.1, -0.05) is 25.1 Å². The zero-order valence-corrected chi connectivity index (χ0v) is 13.9. The van der Waals surface area contributed by atoms with Gasteiger partial charge in [-0.05, 0) is 32.4 Å². The third kappa shape index (κ3) is 5.14. The summed E-state index contributed by atoms with van der Waals surface area (Å²) >= 11 is 1.79. The van der Waals surface area contributed by atoms with E-state index in [0.29, 0.717) is 12.6 Å². The highest BCUT2D eigenvalue weighted by molar-refractivity contribution is 7.11. The Bertz CT molecular complexity index is 539. The van der Waals surface area contributed by atoms with Crippen LogP contribution in [0.3, 0.4) is 0 Å². The Labute approximate surface area is 131 Å². The Kier molecular flexibility index (Phi) is 6.21. The summed E-state index contributed by atoms with van der Waals surface area (Å²) in [6.45, 7) is 8.09. The number of nitrogens with zero attached hydrogens (tertiary/aromatic N) is 1. The third-order valence-electron chi connectivity index (χ3n) is 3.49. The van der Waals surface area contributed by atoms with Crippen LogP contribution in [0.4, 0.5) is 0 Å². The molecule has 1 atom stereocenters. The zero-order valence-electron chi connectivity index (χ0n) is 13.1. The molecule has 0 aliphatic rings. The normalized spacial score (nSPS) is 12.3. The fourth-order valence-corrected chi connectivity index (χ4v) is 2.94. The Morgan fingerprint density at radius 3 is 2.76 bits per heavy atom. The lowest BCUT2D eigenvalue weighted by Crippen LogP contribution is -2.24. The summed E-state index contributed by atoms with van der Waals surface area (Å²) in [5.41, 5.74) is 1.14. The van der Waals surface area contributed by atoms with E-state index in [-0.39, 0.29) is 0 Å². The van der Waals surface area contributed by atoms with Crippen molar-refractivity contribution in [3.8, 4) is 5.75 Å². The van der Waals surface area contributed by atoms with Crippen molar-refractivity contribution in [2.24, 2.45) is 0 Å². The van der Waals surface area contributed by atoms with E-state index >= 15 is 0 Å². The number of nitrogens with one attached hydrogen (secondary N) is 1. The summed E-state index contributed by atoms with van der Waals surface area (Å²) in [7, 11) is 0. The quantitative estimate of drug-likeness (QED) is 0.801. The van der Waals surface area contributed by atoms with E-state index < -0.39 is 0 Å². The van der Waals surface area contributed by atoms with Crippen LogP contribution in [-0.2, 0) is 13.0 Å². The first-order chi connectivity index (χ1) is 10.2. The van der Waals surface area contributed by atoms with E-state index in [0.717, 1.165) is 35.8 Å². The maximum absolute atomic E-state index is 5.73. The van der Waals surface area contributed by atoms with Gasteiger partial charge in [-0.2, -0.15) is 0 Å². The van der Waals surface area contributed by atoms with E-state index in [9.17, 15) is 0 Å². The number of thiazole rings is 1. The van der Waals surface area contributed by atoms with Gasteiger partial charge in [0.25, 0.3) is 0 Å². The zero-order chi connectivity index (χ0) is 15.1. The van der Waals surface area contributed by atoms with E-state index in [1.54, 1.807) is 11.3 Å². The summed E-state index contributed by atoms with van der Waals surface area (Å²) < 4.78 is 5.73. The van der Waals surface area contributed by atoms with Crippen molar-refractivity contribution in [3.05, 3.63) is 45.9 Å². The van der Waals surface area contributed by atoms with Crippen LogP contribution in [0.15, 0.2) is 30.3 Å². The Morgan fingerprint density at radius 1 is 1.29 bits per heavy atom. The second kappa shape index (κ2) is 8.15. The highest BCUT2D eigenvalue weighted by atomic mass is 32.1. The molecule has 4 heteroatoms. The molecule has 2 rings (SSSR count). The topological polar surface area (TPSA) is 34.1 Å². The lowest BCUT2D eigenvalue weighted by Gasteiger charge is -2.09. The molecule has 1 aromatic heterocycles. The van der Waals surface area contributed by atoms with Gasteiger partial charge in [-0.25, -0.2) is 4.98 Å².